The van der Waals surface area contributed by atoms with Gasteiger partial charge < -0.3 is 16.0 Å². The molecule has 0 aliphatic heterocycles. The maximum Gasteiger partial charge on any atom is 0.224 e. The first kappa shape index (κ1) is 20.9. The van der Waals surface area contributed by atoms with Crippen molar-refractivity contribution in [3.8, 4) is 0 Å². The van der Waals surface area contributed by atoms with Gasteiger partial charge >= 0.3 is 0 Å². The third kappa shape index (κ3) is 9.08. The van der Waals surface area contributed by atoms with Crippen LogP contribution in [0.1, 0.15) is 39.2 Å². The number of guanidine groups is 1. The lowest BCUT2D eigenvalue weighted by Crippen LogP contribution is -2.42. The van der Waals surface area contributed by atoms with Crippen molar-refractivity contribution in [2.24, 2.45) is 10.9 Å². The number of carbonyl (C=O) groups excluding carboxylic acids is 1. The molecule has 25 heavy (non-hydrogen) atoms. The number of hydrogen-bond donors (Lipinski definition) is 3. The lowest BCUT2D eigenvalue weighted by atomic mass is 10.0. The van der Waals surface area contributed by atoms with Crippen LogP contribution in [0.4, 0.5) is 4.39 Å². The molecular weight excluding hydrogens is 319 g/mol. The predicted molar refractivity (Wildman–Crippen MR) is 101 cm³/mol. The summed E-state index contributed by atoms with van der Waals surface area (Å²) in [6.45, 7) is 9.10. The van der Waals surface area contributed by atoms with E-state index in [4.69, 9.17) is 0 Å². The molecule has 3 N–H and O–H groups in total. The Bertz CT molecular complexity index is 527. The second-order valence-corrected chi connectivity index (χ2v) is 5.98. The molecule has 0 unspecified atom stereocenters. The molecule has 0 radical (unpaired) electrons. The number of nitrogens with one attached hydrogen (secondary N) is 3. The highest BCUT2D eigenvalue weighted by Gasteiger charge is 2.05. The maximum atomic E-state index is 12.8. The minimum Gasteiger partial charge on any atom is -0.357 e. The van der Waals surface area contributed by atoms with E-state index in [1.807, 2.05) is 6.92 Å². The van der Waals surface area contributed by atoms with Gasteiger partial charge in [-0.25, -0.2) is 4.39 Å². The number of benzene rings is 1. The third-order valence-electron chi connectivity index (χ3n) is 4.02. The van der Waals surface area contributed by atoms with Gasteiger partial charge in [0.15, 0.2) is 5.96 Å². The smallest absolute Gasteiger partial charge is 0.224 e. The molecule has 1 aromatic rings. The van der Waals surface area contributed by atoms with Crippen molar-refractivity contribution in [2.45, 2.75) is 40.0 Å². The van der Waals surface area contributed by atoms with E-state index in [1.165, 1.54) is 12.1 Å². The molecule has 0 aliphatic rings. The van der Waals surface area contributed by atoms with E-state index >= 15 is 0 Å². The van der Waals surface area contributed by atoms with Gasteiger partial charge in [-0.05, 0) is 30.5 Å². The van der Waals surface area contributed by atoms with E-state index in [1.54, 1.807) is 12.1 Å². The molecule has 1 aromatic carbocycles. The third-order valence-corrected chi connectivity index (χ3v) is 4.02. The molecule has 0 fully saturated rings. The molecule has 140 valence electrons. The van der Waals surface area contributed by atoms with Gasteiger partial charge in [-0.2, -0.15) is 0 Å². The molecule has 0 bridgehead atoms. The zero-order valence-electron chi connectivity index (χ0n) is 15.6. The molecule has 0 atom stereocenters. The number of carbonyl (C=O) groups is 1. The Morgan fingerprint density at radius 3 is 2.28 bits per heavy atom. The second-order valence-electron chi connectivity index (χ2n) is 5.98. The van der Waals surface area contributed by atoms with Crippen LogP contribution in [0.25, 0.3) is 0 Å². The molecule has 5 nitrogen and oxygen atoms in total. The van der Waals surface area contributed by atoms with Gasteiger partial charge in [-0.1, -0.05) is 38.8 Å². The van der Waals surface area contributed by atoms with Crippen molar-refractivity contribution in [1.82, 2.24) is 16.0 Å². The largest absolute Gasteiger partial charge is 0.357 e. The summed E-state index contributed by atoms with van der Waals surface area (Å²) in [5.74, 6) is 1.01. The van der Waals surface area contributed by atoms with E-state index in [9.17, 15) is 9.18 Å². The first-order valence-corrected chi connectivity index (χ1v) is 9.12. The van der Waals surface area contributed by atoms with Crippen LogP contribution in [0.5, 0.6) is 0 Å². The van der Waals surface area contributed by atoms with E-state index in [-0.39, 0.29) is 18.1 Å². The van der Waals surface area contributed by atoms with Gasteiger partial charge in [-0.15, -0.1) is 0 Å². The van der Waals surface area contributed by atoms with Gasteiger partial charge in [0.2, 0.25) is 5.91 Å². The minimum absolute atomic E-state index is 0.0765. The van der Waals surface area contributed by atoms with E-state index in [2.05, 4.69) is 34.8 Å². The Kier molecular flexibility index (Phi) is 10.3. The first-order valence-electron chi connectivity index (χ1n) is 9.12. The SMILES string of the molecule is CCNC(=NCC(CC)CC)NCCNC(=O)Cc1ccc(F)cc1. The Labute approximate surface area is 150 Å². The summed E-state index contributed by atoms with van der Waals surface area (Å²) in [7, 11) is 0. The van der Waals surface area contributed by atoms with Crippen LogP contribution in [0.15, 0.2) is 29.3 Å². The highest BCUT2D eigenvalue weighted by atomic mass is 19.1. The summed E-state index contributed by atoms with van der Waals surface area (Å²) in [6.07, 6.45) is 2.50. The maximum absolute atomic E-state index is 12.8. The van der Waals surface area contributed by atoms with Crippen LogP contribution in [0, 0.1) is 11.7 Å². The number of nitrogens with zero attached hydrogens (tertiary/aromatic N) is 1. The summed E-state index contributed by atoms with van der Waals surface area (Å²) >= 11 is 0. The van der Waals surface area contributed by atoms with Crippen molar-refractivity contribution >= 4 is 11.9 Å². The summed E-state index contributed by atoms with van der Waals surface area (Å²) in [6, 6.07) is 5.98. The van der Waals surface area contributed by atoms with Crippen LogP contribution in [-0.4, -0.2) is 38.0 Å². The molecule has 0 saturated heterocycles. The topological polar surface area (TPSA) is 65.5 Å². The second kappa shape index (κ2) is 12.3. The molecule has 0 spiro atoms. The normalized spacial score (nSPS) is 11.5. The molecule has 0 saturated carbocycles. The predicted octanol–water partition coefficient (Wildman–Crippen LogP) is 2.48. The molecule has 1 rings (SSSR count). The Morgan fingerprint density at radius 1 is 1.04 bits per heavy atom. The lowest BCUT2D eigenvalue weighted by Gasteiger charge is -2.14. The van der Waals surface area contributed by atoms with Crippen LogP contribution in [-0.2, 0) is 11.2 Å². The molecule has 1 amide bonds. The molecule has 0 aliphatic carbocycles. The molecule has 0 aromatic heterocycles. The Hall–Kier alpha value is -2.11. The Balaban J connectivity index is 2.31. The lowest BCUT2D eigenvalue weighted by molar-refractivity contribution is -0.120. The van der Waals surface area contributed by atoms with Crippen LogP contribution in [0.3, 0.4) is 0 Å². The van der Waals surface area contributed by atoms with E-state index in [0.717, 1.165) is 37.5 Å². The highest BCUT2D eigenvalue weighted by Crippen LogP contribution is 2.07. The van der Waals surface area contributed by atoms with Crippen LogP contribution >= 0.6 is 0 Å². The minimum atomic E-state index is -0.294. The number of halogens is 1. The van der Waals surface area contributed by atoms with Crippen molar-refractivity contribution in [1.29, 1.82) is 0 Å². The summed E-state index contributed by atoms with van der Waals surface area (Å²) in [4.78, 5) is 16.5. The van der Waals surface area contributed by atoms with Crippen molar-refractivity contribution < 1.29 is 9.18 Å². The molecular formula is C19H31FN4O. The number of rotatable bonds is 10. The summed E-state index contributed by atoms with van der Waals surface area (Å²) < 4.78 is 12.8. The van der Waals surface area contributed by atoms with Gasteiger partial charge in [0.05, 0.1) is 6.42 Å². The van der Waals surface area contributed by atoms with Crippen molar-refractivity contribution in [3.63, 3.8) is 0 Å². The number of hydrogen-bond acceptors (Lipinski definition) is 2. The van der Waals surface area contributed by atoms with E-state index < -0.39 is 0 Å². The first-order chi connectivity index (χ1) is 12.1. The average Bonchev–Trinajstić information content (AvgIpc) is 2.61. The zero-order valence-corrected chi connectivity index (χ0v) is 15.6. The van der Waals surface area contributed by atoms with Crippen LogP contribution in [0.2, 0.25) is 0 Å². The van der Waals surface area contributed by atoms with Gasteiger partial charge in [0, 0.05) is 26.2 Å². The quantitative estimate of drug-likeness (QED) is 0.345. The zero-order chi connectivity index (χ0) is 18.5. The van der Waals surface area contributed by atoms with Crippen LogP contribution < -0.4 is 16.0 Å². The van der Waals surface area contributed by atoms with Gasteiger partial charge in [0.25, 0.3) is 0 Å². The average molecular weight is 350 g/mol. The standard InChI is InChI=1S/C19H31FN4O/c1-4-15(5-2)14-24-19(21-6-3)23-12-11-22-18(25)13-16-7-9-17(20)10-8-16/h7-10,15H,4-6,11-14H2,1-3H3,(H,22,25)(H2,21,23,24). The monoisotopic (exact) mass is 350 g/mol. The number of amides is 1. The van der Waals surface area contributed by atoms with Crippen molar-refractivity contribution in [3.05, 3.63) is 35.6 Å². The van der Waals surface area contributed by atoms with Gasteiger partial charge in [0.1, 0.15) is 5.82 Å². The van der Waals surface area contributed by atoms with Gasteiger partial charge in [-0.3, -0.25) is 9.79 Å². The van der Waals surface area contributed by atoms with E-state index in [0.29, 0.717) is 19.0 Å². The molecule has 6 heteroatoms. The summed E-state index contributed by atoms with van der Waals surface area (Å²) in [5.41, 5.74) is 0.798. The van der Waals surface area contributed by atoms with Crippen molar-refractivity contribution in [2.75, 3.05) is 26.2 Å². The number of aliphatic imine (C=N–C) groups is 1. The fourth-order valence-corrected chi connectivity index (χ4v) is 2.34. The highest BCUT2D eigenvalue weighted by molar-refractivity contribution is 5.80. The fourth-order valence-electron chi connectivity index (χ4n) is 2.34. The Morgan fingerprint density at radius 2 is 1.68 bits per heavy atom. The molecule has 0 heterocycles. The fraction of sp³-hybridized carbons (Fsp3) is 0.579. The summed E-state index contributed by atoms with van der Waals surface area (Å²) in [5, 5.41) is 9.29.